The minimum Gasteiger partial charge on any atom is -0.381 e. The number of carbonyl (C=O) groups excluding carboxylic acids is 2. The van der Waals surface area contributed by atoms with Crippen LogP contribution in [0.25, 0.3) is 11.4 Å². The second-order valence-electron chi connectivity index (χ2n) is 11.8. The van der Waals surface area contributed by atoms with Crippen LogP contribution in [0, 0.1) is 31.6 Å². The maximum Gasteiger partial charge on any atom is 0.257 e. The minimum atomic E-state index is -0.0527. The monoisotopic (exact) mass is 553 g/mol. The number of nitrogens with one attached hydrogen (secondary N) is 1. The number of carbonyl (C=O) groups is 2. The first-order valence-corrected chi connectivity index (χ1v) is 14.8. The number of aromatic nitrogens is 2. The first-order chi connectivity index (χ1) is 20.0. The van der Waals surface area contributed by atoms with E-state index < -0.39 is 0 Å². The highest BCUT2D eigenvalue weighted by Gasteiger charge is 2.42. The Morgan fingerprint density at radius 1 is 0.927 bits per heavy atom. The first-order valence-electron chi connectivity index (χ1n) is 14.8. The molecule has 4 atom stereocenters. The summed E-state index contributed by atoms with van der Waals surface area (Å²) in [6.45, 7) is 9.39. The van der Waals surface area contributed by atoms with Crippen LogP contribution in [0.2, 0.25) is 0 Å². The number of benzene rings is 2. The number of aryl methyl sites for hydroxylation is 2. The van der Waals surface area contributed by atoms with Crippen LogP contribution in [0.3, 0.4) is 0 Å². The van der Waals surface area contributed by atoms with Crippen LogP contribution in [0.15, 0.2) is 60.7 Å². The fourth-order valence-corrected chi connectivity index (χ4v) is 6.69. The lowest BCUT2D eigenvalue weighted by atomic mass is 10.0. The second-order valence-corrected chi connectivity index (χ2v) is 11.8. The molecule has 0 radical (unpaired) electrons. The van der Waals surface area contributed by atoms with Gasteiger partial charge < -0.3 is 19.9 Å². The third-order valence-electron chi connectivity index (χ3n) is 8.92. The number of ether oxygens (including phenoxy) is 1. The number of nitrogens with zero attached hydrogens (tertiary/aromatic N) is 4. The van der Waals surface area contributed by atoms with Gasteiger partial charge in [-0.2, -0.15) is 0 Å². The lowest BCUT2D eigenvalue weighted by Crippen LogP contribution is -2.37. The van der Waals surface area contributed by atoms with Crippen LogP contribution in [-0.2, 0) is 9.53 Å². The van der Waals surface area contributed by atoms with Crippen molar-refractivity contribution in [3.05, 3.63) is 83.2 Å². The van der Waals surface area contributed by atoms with Crippen LogP contribution < -0.4 is 5.32 Å². The number of hydrogen-bond donors (Lipinski definition) is 1. The molecule has 3 aliphatic rings. The minimum absolute atomic E-state index is 0.0207. The Kier molecular flexibility index (Phi) is 8.12. The topological polar surface area (TPSA) is 87.7 Å². The van der Waals surface area contributed by atoms with Crippen molar-refractivity contribution in [3.8, 4) is 11.4 Å². The van der Waals surface area contributed by atoms with E-state index >= 15 is 0 Å². The molecule has 0 spiro atoms. The predicted molar refractivity (Wildman–Crippen MR) is 157 cm³/mol. The van der Waals surface area contributed by atoms with Crippen LogP contribution in [0.5, 0.6) is 0 Å². The summed E-state index contributed by atoms with van der Waals surface area (Å²) in [6, 6.07) is 20.1. The quantitative estimate of drug-likeness (QED) is 0.453. The number of hydrogen-bond acceptors (Lipinski definition) is 6. The summed E-state index contributed by atoms with van der Waals surface area (Å²) < 4.78 is 5.44. The average molecular weight is 554 g/mol. The van der Waals surface area contributed by atoms with E-state index in [0.717, 1.165) is 68.1 Å². The zero-order valence-electron chi connectivity index (χ0n) is 24.0. The molecule has 8 heteroatoms. The fraction of sp³-hybridized carbons (Fsp3) is 0.455. The van der Waals surface area contributed by atoms with E-state index in [2.05, 4.69) is 32.3 Å². The highest BCUT2D eigenvalue weighted by atomic mass is 16.5. The molecule has 1 aromatic heterocycles. The molecular weight excluding hydrogens is 514 g/mol. The Labute approximate surface area is 242 Å². The Morgan fingerprint density at radius 2 is 1.56 bits per heavy atom. The van der Waals surface area contributed by atoms with Crippen LogP contribution in [-0.4, -0.2) is 77.5 Å². The fourth-order valence-electron chi connectivity index (χ4n) is 6.69. The number of fused-ring (bicyclic) bond motifs is 1. The molecule has 0 bridgehead atoms. The second kappa shape index (κ2) is 12.1. The first kappa shape index (κ1) is 27.5. The Hall–Kier alpha value is -3.62. The zero-order chi connectivity index (χ0) is 28.3. The molecule has 4 heterocycles. The molecule has 0 aliphatic carbocycles. The van der Waals surface area contributed by atoms with Crippen LogP contribution in [0.1, 0.15) is 46.2 Å². The van der Waals surface area contributed by atoms with Gasteiger partial charge in [-0.25, -0.2) is 9.97 Å². The summed E-state index contributed by atoms with van der Waals surface area (Å²) in [5.41, 5.74) is 4.20. The normalized spacial score (nSPS) is 23.0. The molecule has 41 heavy (non-hydrogen) atoms. The molecule has 2 aromatic carbocycles. The SMILES string of the molecule is Cc1nc(-c2ccccc2)nc(C)c1C(=O)N1CC2CN(CC[C@H](NC(=O)C3CCOC3)c3ccccc3)CC2C1. The van der Waals surface area contributed by atoms with E-state index in [1.54, 1.807) is 0 Å². The maximum atomic E-state index is 13.6. The van der Waals surface area contributed by atoms with Gasteiger partial charge in [-0.15, -0.1) is 0 Å². The third-order valence-corrected chi connectivity index (χ3v) is 8.92. The highest BCUT2D eigenvalue weighted by molar-refractivity contribution is 5.96. The molecule has 8 nitrogen and oxygen atoms in total. The molecule has 2 amide bonds. The summed E-state index contributed by atoms with van der Waals surface area (Å²) in [4.78, 5) is 40.4. The van der Waals surface area contributed by atoms with Gasteiger partial charge in [-0.05, 0) is 44.1 Å². The van der Waals surface area contributed by atoms with Crippen molar-refractivity contribution >= 4 is 11.8 Å². The molecule has 214 valence electrons. The third kappa shape index (κ3) is 6.04. The summed E-state index contributed by atoms with van der Waals surface area (Å²) in [5.74, 6) is 1.67. The Balaban J connectivity index is 1.06. The van der Waals surface area contributed by atoms with Crippen molar-refractivity contribution in [1.82, 2.24) is 25.1 Å². The van der Waals surface area contributed by atoms with Crippen LogP contribution >= 0.6 is 0 Å². The molecule has 6 rings (SSSR count). The van der Waals surface area contributed by atoms with Gasteiger partial charge in [0.15, 0.2) is 5.82 Å². The van der Waals surface area contributed by atoms with Crippen molar-refractivity contribution in [2.75, 3.05) is 45.9 Å². The lowest BCUT2D eigenvalue weighted by molar-refractivity contribution is -0.125. The molecular formula is C33H39N5O3. The zero-order valence-corrected chi connectivity index (χ0v) is 24.0. The summed E-state index contributed by atoms with van der Waals surface area (Å²) in [7, 11) is 0. The van der Waals surface area contributed by atoms with Gasteiger partial charge in [0.25, 0.3) is 5.91 Å². The largest absolute Gasteiger partial charge is 0.381 e. The molecule has 3 unspecified atom stereocenters. The van der Waals surface area contributed by atoms with Crippen molar-refractivity contribution in [3.63, 3.8) is 0 Å². The molecule has 3 aliphatic heterocycles. The van der Waals surface area contributed by atoms with Crippen LogP contribution in [0.4, 0.5) is 0 Å². The van der Waals surface area contributed by atoms with E-state index in [4.69, 9.17) is 4.74 Å². The molecule has 1 N–H and O–H groups in total. The molecule has 3 fully saturated rings. The maximum absolute atomic E-state index is 13.6. The van der Waals surface area contributed by atoms with Gasteiger partial charge in [0, 0.05) is 44.9 Å². The van der Waals surface area contributed by atoms with Gasteiger partial charge in [0.1, 0.15) is 0 Å². The van der Waals surface area contributed by atoms with Gasteiger partial charge >= 0.3 is 0 Å². The van der Waals surface area contributed by atoms with Gasteiger partial charge in [0.2, 0.25) is 5.91 Å². The molecule has 3 saturated heterocycles. The predicted octanol–water partition coefficient (Wildman–Crippen LogP) is 4.05. The van der Waals surface area contributed by atoms with Gasteiger partial charge in [-0.3, -0.25) is 9.59 Å². The standard InChI is InChI=1S/C33H39N5O3/c1-22-30(23(2)35-31(34-22)25-11-7-4-8-12-25)33(40)38-19-27-17-37(18-28(27)20-38)15-13-29(24-9-5-3-6-10-24)36-32(39)26-14-16-41-21-26/h3-12,26-29H,13-21H2,1-2H3,(H,36,39)/t26?,27?,28?,29-/m0/s1. The van der Waals surface area contributed by atoms with Gasteiger partial charge in [-0.1, -0.05) is 60.7 Å². The number of likely N-dealkylation sites (tertiary alicyclic amines) is 2. The smallest absolute Gasteiger partial charge is 0.257 e. The van der Waals surface area contributed by atoms with Crippen molar-refractivity contribution in [2.24, 2.45) is 17.8 Å². The van der Waals surface area contributed by atoms with Crippen molar-refractivity contribution in [2.45, 2.75) is 32.7 Å². The van der Waals surface area contributed by atoms with E-state index in [-0.39, 0.29) is 23.8 Å². The van der Waals surface area contributed by atoms with Crippen molar-refractivity contribution in [1.29, 1.82) is 0 Å². The van der Waals surface area contributed by atoms with E-state index in [0.29, 0.717) is 36.4 Å². The summed E-state index contributed by atoms with van der Waals surface area (Å²) in [5, 5.41) is 3.30. The summed E-state index contributed by atoms with van der Waals surface area (Å²) >= 11 is 0. The average Bonchev–Trinajstić information content (AvgIpc) is 3.73. The number of amides is 2. The van der Waals surface area contributed by atoms with Crippen molar-refractivity contribution < 1.29 is 14.3 Å². The lowest BCUT2D eigenvalue weighted by Gasteiger charge is -2.26. The highest BCUT2D eigenvalue weighted by Crippen LogP contribution is 2.33. The summed E-state index contributed by atoms with van der Waals surface area (Å²) in [6.07, 6.45) is 1.65. The Morgan fingerprint density at radius 3 is 2.17 bits per heavy atom. The van der Waals surface area contributed by atoms with Gasteiger partial charge in [0.05, 0.1) is 35.5 Å². The van der Waals surface area contributed by atoms with E-state index in [1.807, 2.05) is 67.3 Å². The van der Waals surface area contributed by atoms with E-state index in [9.17, 15) is 9.59 Å². The number of rotatable bonds is 8. The Bertz CT molecular complexity index is 1340. The van der Waals surface area contributed by atoms with E-state index in [1.165, 1.54) is 0 Å². The molecule has 3 aromatic rings. The molecule has 0 saturated carbocycles.